The Bertz CT molecular complexity index is 727. The molecule has 126 valence electrons. The maximum Gasteiger partial charge on any atom is 0.242 e. The largest absolute Gasteiger partial charge is 0.497 e. The molecule has 1 amide bonds. The molecule has 24 heavy (non-hydrogen) atoms. The number of benzene rings is 1. The molecule has 2 heterocycles. The van der Waals surface area contributed by atoms with E-state index in [1.165, 1.54) is 0 Å². The van der Waals surface area contributed by atoms with E-state index in [0.717, 1.165) is 29.2 Å². The van der Waals surface area contributed by atoms with E-state index < -0.39 is 0 Å². The van der Waals surface area contributed by atoms with Gasteiger partial charge in [-0.2, -0.15) is 0 Å². The molecule has 0 unspecified atom stereocenters. The molecule has 0 spiro atoms. The number of hydrogen-bond donors (Lipinski definition) is 0. The lowest BCUT2D eigenvalue weighted by molar-refractivity contribution is -0.131. The van der Waals surface area contributed by atoms with Gasteiger partial charge in [0.2, 0.25) is 11.9 Å². The number of aromatic nitrogens is 2. The van der Waals surface area contributed by atoms with Crippen LogP contribution in [-0.2, 0) is 11.3 Å². The van der Waals surface area contributed by atoms with Gasteiger partial charge in [0.05, 0.1) is 7.11 Å². The second kappa shape index (κ2) is 6.86. The first-order chi connectivity index (χ1) is 11.5. The fourth-order valence-corrected chi connectivity index (χ4v) is 2.89. The first-order valence-corrected chi connectivity index (χ1v) is 8.03. The summed E-state index contributed by atoms with van der Waals surface area (Å²) in [5.41, 5.74) is 2.91. The maximum atomic E-state index is 12.5. The molecule has 1 aromatic heterocycles. The third kappa shape index (κ3) is 3.64. The zero-order chi connectivity index (χ0) is 17.1. The highest BCUT2D eigenvalue weighted by Gasteiger charge is 2.25. The maximum absolute atomic E-state index is 12.5. The summed E-state index contributed by atoms with van der Waals surface area (Å²) in [7, 11) is 1.65. The van der Waals surface area contributed by atoms with Crippen LogP contribution < -0.4 is 9.64 Å². The summed E-state index contributed by atoms with van der Waals surface area (Å²) < 4.78 is 5.24. The van der Waals surface area contributed by atoms with E-state index in [0.29, 0.717) is 25.6 Å². The van der Waals surface area contributed by atoms with Gasteiger partial charge in [0, 0.05) is 31.0 Å². The lowest BCUT2D eigenvalue weighted by Crippen LogP contribution is -2.50. The highest BCUT2D eigenvalue weighted by molar-refractivity contribution is 5.82. The lowest BCUT2D eigenvalue weighted by atomic mass is 10.2. The number of hydrogen-bond acceptors (Lipinski definition) is 5. The first kappa shape index (κ1) is 16.2. The van der Waals surface area contributed by atoms with Gasteiger partial charge in [-0.15, -0.1) is 0 Å². The van der Waals surface area contributed by atoms with Crippen LogP contribution in [0.3, 0.4) is 0 Å². The Morgan fingerprint density at radius 3 is 2.54 bits per heavy atom. The van der Waals surface area contributed by atoms with Crippen LogP contribution in [0, 0.1) is 13.8 Å². The lowest BCUT2D eigenvalue weighted by Gasteiger charge is -2.34. The first-order valence-electron chi connectivity index (χ1n) is 8.03. The predicted molar refractivity (Wildman–Crippen MR) is 92.1 cm³/mol. The molecule has 2 aromatic rings. The van der Waals surface area contributed by atoms with Gasteiger partial charge in [-0.3, -0.25) is 4.79 Å². The minimum atomic E-state index is 0.0897. The van der Waals surface area contributed by atoms with Gasteiger partial charge in [-0.25, -0.2) is 9.97 Å². The van der Waals surface area contributed by atoms with Crippen molar-refractivity contribution in [3.63, 3.8) is 0 Å². The summed E-state index contributed by atoms with van der Waals surface area (Å²) in [6.45, 7) is 6.19. The molecule has 1 aromatic carbocycles. The van der Waals surface area contributed by atoms with E-state index in [4.69, 9.17) is 4.74 Å². The average Bonchev–Trinajstić information content (AvgIpc) is 2.56. The van der Waals surface area contributed by atoms with Gasteiger partial charge in [-0.05, 0) is 37.6 Å². The Labute approximate surface area is 142 Å². The number of aryl methyl sites for hydroxylation is 2. The van der Waals surface area contributed by atoms with Crippen molar-refractivity contribution in [1.82, 2.24) is 14.9 Å². The van der Waals surface area contributed by atoms with Crippen LogP contribution in [0.1, 0.15) is 17.0 Å². The summed E-state index contributed by atoms with van der Waals surface area (Å²) >= 11 is 0. The molecule has 1 saturated heterocycles. The van der Waals surface area contributed by atoms with Crippen LogP contribution in [0.2, 0.25) is 0 Å². The summed E-state index contributed by atoms with van der Waals surface area (Å²) in [6, 6.07) is 9.76. The summed E-state index contributed by atoms with van der Waals surface area (Å²) in [5, 5.41) is 0. The Hall–Kier alpha value is -2.63. The fraction of sp³-hybridized carbons (Fsp3) is 0.389. The molecule has 1 fully saturated rings. The molecule has 0 aliphatic carbocycles. The molecule has 3 rings (SSSR count). The summed E-state index contributed by atoms with van der Waals surface area (Å²) in [6.07, 6.45) is 0. The van der Waals surface area contributed by atoms with Crippen molar-refractivity contribution in [2.45, 2.75) is 20.4 Å². The number of rotatable bonds is 4. The van der Waals surface area contributed by atoms with E-state index in [9.17, 15) is 4.79 Å². The molecular weight excluding hydrogens is 304 g/mol. The average molecular weight is 326 g/mol. The Morgan fingerprint density at radius 1 is 1.12 bits per heavy atom. The number of anilines is 1. The molecule has 1 aliphatic rings. The van der Waals surface area contributed by atoms with E-state index in [1.54, 1.807) is 7.11 Å². The van der Waals surface area contributed by atoms with Crippen molar-refractivity contribution in [3.8, 4) is 5.75 Å². The Kier molecular flexibility index (Phi) is 4.64. The minimum Gasteiger partial charge on any atom is -0.497 e. The van der Waals surface area contributed by atoms with Gasteiger partial charge in [0.15, 0.2) is 0 Å². The van der Waals surface area contributed by atoms with Gasteiger partial charge < -0.3 is 14.5 Å². The van der Waals surface area contributed by atoms with Crippen LogP contribution in [-0.4, -0.2) is 47.5 Å². The van der Waals surface area contributed by atoms with Crippen LogP contribution in [0.4, 0.5) is 5.95 Å². The van der Waals surface area contributed by atoms with E-state index >= 15 is 0 Å². The normalized spacial score (nSPS) is 14.9. The van der Waals surface area contributed by atoms with E-state index in [2.05, 4.69) is 9.97 Å². The highest BCUT2D eigenvalue weighted by Crippen LogP contribution is 2.18. The molecule has 0 N–H and O–H groups in total. The van der Waals surface area contributed by atoms with Crippen molar-refractivity contribution < 1.29 is 9.53 Å². The smallest absolute Gasteiger partial charge is 0.242 e. The third-order valence-corrected chi connectivity index (χ3v) is 4.08. The number of nitrogens with zero attached hydrogens (tertiary/aromatic N) is 4. The number of piperazine rings is 1. The van der Waals surface area contributed by atoms with E-state index in [-0.39, 0.29) is 5.91 Å². The van der Waals surface area contributed by atoms with E-state index in [1.807, 2.05) is 54.0 Å². The van der Waals surface area contributed by atoms with Gasteiger partial charge in [-0.1, -0.05) is 12.1 Å². The van der Waals surface area contributed by atoms with Crippen LogP contribution in [0.5, 0.6) is 5.75 Å². The quantitative estimate of drug-likeness (QED) is 0.859. The summed E-state index contributed by atoms with van der Waals surface area (Å²) in [4.78, 5) is 25.2. The predicted octanol–water partition coefficient (Wildman–Crippen LogP) is 1.95. The van der Waals surface area contributed by atoms with Crippen molar-refractivity contribution in [2.24, 2.45) is 0 Å². The standard InChI is InChI=1S/C18H22N4O2/c1-13-9-14(2)20-18(19-13)22-8-7-21(17(23)12-22)11-15-5-4-6-16(10-15)24-3/h4-6,9-10H,7-8,11-12H2,1-3H3. The SMILES string of the molecule is COc1cccc(CN2CCN(c3nc(C)cc(C)n3)CC2=O)c1. The Morgan fingerprint density at radius 2 is 1.88 bits per heavy atom. The second-order valence-electron chi connectivity index (χ2n) is 6.04. The summed E-state index contributed by atoms with van der Waals surface area (Å²) in [5.74, 6) is 1.54. The minimum absolute atomic E-state index is 0.0897. The molecule has 1 aliphatic heterocycles. The van der Waals surface area contributed by atoms with Crippen molar-refractivity contribution in [1.29, 1.82) is 0 Å². The van der Waals surface area contributed by atoms with Gasteiger partial charge in [0.25, 0.3) is 0 Å². The third-order valence-electron chi connectivity index (χ3n) is 4.08. The number of ether oxygens (including phenoxy) is 1. The highest BCUT2D eigenvalue weighted by atomic mass is 16.5. The number of carbonyl (C=O) groups is 1. The van der Waals surface area contributed by atoms with Crippen LogP contribution in [0.25, 0.3) is 0 Å². The van der Waals surface area contributed by atoms with Crippen LogP contribution >= 0.6 is 0 Å². The van der Waals surface area contributed by atoms with Crippen LogP contribution in [0.15, 0.2) is 30.3 Å². The molecule has 0 atom stereocenters. The van der Waals surface area contributed by atoms with Crippen molar-refractivity contribution in [2.75, 3.05) is 31.6 Å². The molecule has 0 saturated carbocycles. The van der Waals surface area contributed by atoms with Crippen molar-refractivity contribution >= 4 is 11.9 Å². The Balaban J connectivity index is 1.67. The number of carbonyl (C=O) groups excluding carboxylic acids is 1. The second-order valence-corrected chi connectivity index (χ2v) is 6.04. The van der Waals surface area contributed by atoms with Crippen molar-refractivity contribution in [3.05, 3.63) is 47.3 Å². The topological polar surface area (TPSA) is 58.6 Å². The van der Waals surface area contributed by atoms with Gasteiger partial charge in [0.1, 0.15) is 12.3 Å². The molecular formula is C18H22N4O2. The molecule has 6 heteroatoms. The van der Waals surface area contributed by atoms with Gasteiger partial charge >= 0.3 is 0 Å². The molecule has 6 nitrogen and oxygen atoms in total. The zero-order valence-electron chi connectivity index (χ0n) is 14.3. The monoisotopic (exact) mass is 326 g/mol. The molecule has 0 radical (unpaired) electrons. The number of amides is 1. The zero-order valence-corrected chi connectivity index (χ0v) is 14.3. The number of methoxy groups -OCH3 is 1. The molecule has 0 bridgehead atoms. The fourth-order valence-electron chi connectivity index (χ4n) is 2.89.